The van der Waals surface area contributed by atoms with Crippen molar-refractivity contribution in [2.45, 2.75) is 12.5 Å². The second-order valence-corrected chi connectivity index (χ2v) is 5.84. The van der Waals surface area contributed by atoms with Crippen molar-refractivity contribution in [3.63, 3.8) is 0 Å². The number of para-hydroxylation sites is 2. The summed E-state index contributed by atoms with van der Waals surface area (Å²) in [6.07, 6.45) is 1.07. The van der Waals surface area contributed by atoms with E-state index in [1.807, 2.05) is 60.9 Å². The minimum absolute atomic E-state index is 0.755. The molecule has 4 rings (SSSR count). The van der Waals surface area contributed by atoms with E-state index in [4.69, 9.17) is 15.3 Å². The number of hydrogen-bond donors (Lipinski definition) is 3. The summed E-state index contributed by atoms with van der Waals surface area (Å²) < 4.78 is 0. The third-order valence-corrected chi connectivity index (χ3v) is 3.68. The zero-order valence-corrected chi connectivity index (χ0v) is 15.4. The molecule has 1 atom stereocenters. The highest BCUT2D eigenvalue weighted by atomic mass is 16.4. The fraction of sp³-hybridized carbons (Fsp3) is 0.0909. The summed E-state index contributed by atoms with van der Waals surface area (Å²) in [6.45, 7) is 0. The molecule has 0 spiro atoms. The molecule has 0 aliphatic heterocycles. The van der Waals surface area contributed by atoms with Gasteiger partial charge >= 0.3 is 11.9 Å². The van der Waals surface area contributed by atoms with E-state index in [9.17, 15) is 9.59 Å². The molecule has 4 aromatic rings. The SMILES string of the molecule is O=C(O)CC(O)C(=O)O.c1ccc2ncccc2c1.c1ccc2ncccc2c1. The third kappa shape index (κ3) is 7.36. The molecule has 29 heavy (non-hydrogen) atoms. The van der Waals surface area contributed by atoms with Crippen LogP contribution in [0, 0.1) is 0 Å². The van der Waals surface area contributed by atoms with Crippen LogP contribution in [0.1, 0.15) is 6.42 Å². The Balaban J connectivity index is 0.000000156. The molecule has 0 bridgehead atoms. The van der Waals surface area contributed by atoms with E-state index in [0.717, 1.165) is 11.0 Å². The highest BCUT2D eigenvalue weighted by Crippen LogP contribution is 2.08. The van der Waals surface area contributed by atoms with Crippen LogP contribution in [-0.4, -0.2) is 43.3 Å². The maximum absolute atomic E-state index is 9.72. The predicted octanol–water partition coefficient (Wildman–Crippen LogP) is 3.38. The molecule has 2 aromatic heterocycles. The van der Waals surface area contributed by atoms with Crippen molar-refractivity contribution < 1.29 is 24.9 Å². The van der Waals surface area contributed by atoms with E-state index in [0.29, 0.717) is 0 Å². The number of aliphatic carboxylic acids is 2. The lowest BCUT2D eigenvalue weighted by Crippen LogP contribution is -2.22. The van der Waals surface area contributed by atoms with Gasteiger partial charge in [-0.25, -0.2) is 4.79 Å². The lowest BCUT2D eigenvalue weighted by Gasteiger charge is -1.97. The van der Waals surface area contributed by atoms with Crippen molar-refractivity contribution in [1.29, 1.82) is 0 Å². The van der Waals surface area contributed by atoms with E-state index >= 15 is 0 Å². The largest absolute Gasteiger partial charge is 0.481 e. The quantitative estimate of drug-likeness (QED) is 0.489. The first-order valence-corrected chi connectivity index (χ1v) is 8.69. The molecular weight excluding hydrogens is 372 g/mol. The molecule has 0 amide bonds. The second-order valence-electron chi connectivity index (χ2n) is 5.84. The van der Waals surface area contributed by atoms with Crippen LogP contribution < -0.4 is 0 Å². The Morgan fingerprint density at radius 2 is 1.14 bits per heavy atom. The van der Waals surface area contributed by atoms with Crippen LogP contribution in [0.3, 0.4) is 0 Å². The summed E-state index contributed by atoms with van der Waals surface area (Å²) in [5, 5.41) is 26.5. The molecule has 0 aliphatic rings. The Labute approximate surface area is 166 Å². The Kier molecular flexibility index (Phi) is 8.22. The minimum atomic E-state index is -1.79. The topological polar surface area (TPSA) is 121 Å². The zero-order valence-electron chi connectivity index (χ0n) is 15.4. The number of aromatic nitrogens is 2. The number of carboxylic acids is 2. The van der Waals surface area contributed by atoms with Crippen LogP contribution in [0.4, 0.5) is 0 Å². The van der Waals surface area contributed by atoms with Gasteiger partial charge in [-0.3, -0.25) is 14.8 Å². The van der Waals surface area contributed by atoms with Crippen LogP contribution in [0.5, 0.6) is 0 Å². The highest BCUT2D eigenvalue weighted by molar-refractivity contribution is 5.79. The number of nitrogens with zero attached hydrogens (tertiary/aromatic N) is 2. The van der Waals surface area contributed by atoms with Crippen molar-refractivity contribution in [3.8, 4) is 0 Å². The first kappa shape index (κ1) is 21.5. The van der Waals surface area contributed by atoms with Crippen LogP contribution >= 0.6 is 0 Å². The minimum Gasteiger partial charge on any atom is -0.481 e. The van der Waals surface area contributed by atoms with Gasteiger partial charge in [0.2, 0.25) is 0 Å². The summed E-state index contributed by atoms with van der Waals surface area (Å²) in [5.74, 6) is -2.85. The lowest BCUT2D eigenvalue weighted by molar-refractivity contribution is -0.152. The number of benzene rings is 2. The van der Waals surface area contributed by atoms with Gasteiger partial charge in [0.15, 0.2) is 6.10 Å². The fourth-order valence-corrected chi connectivity index (χ4v) is 2.28. The Morgan fingerprint density at radius 1 is 0.724 bits per heavy atom. The number of carboxylic acid groups (broad SMARTS) is 2. The molecule has 1 unspecified atom stereocenters. The highest BCUT2D eigenvalue weighted by Gasteiger charge is 2.16. The standard InChI is InChI=1S/2C9H7N.C4H6O5/c2*1-2-6-9-8(4-1)5-3-7-10-9;5-2(4(8)9)1-3(6)7/h2*1-7H;2,5H,1H2,(H,6,7)(H,8,9). The molecule has 0 saturated heterocycles. The van der Waals surface area contributed by atoms with Crippen LogP contribution in [0.25, 0.3) is 21.8 Å². The van der Waals surface area contributed by atoms with Crippen molar-refractivity contribution in [2.24, 2.45) is 0 Å². The molecule has 0 fully saturated rings. The van der Waals surface area contributed by atoms with Gasteiger partial charge in [-0.1, -0.05) is 48.5 Å². The molecule has 148 valence electrons. The number of hydrogen-bond acceptors (Lipinski definition) is 5. The first-order valence-electron chi connectivity index (χ1n) is 8.69. The number of aliphatic hydroxyl groups is 1. The van der Waals surface area contributed by atoms with Gasteiger partial charge in [-0.05, 0) is 24.3 Å². The van der Waals surface area contributed by atoms with Gasteiger partial charge < -0.3 is 15.3 Å². The van der Waals surface area contributed by atoms with E-state index in [-0.39, 0.29) is 0 Å². The number of fused-ring (bicyclic) bond motifs is 2. The Morgan fingerprint density at radius 3 is 1.48 bits per heavy atom. The van der Waals surface area contributed by atoms with Gasteiger partial charge in [0.05, 0.1) is 17.5 Å². The van der Waals surface area contributed by atoms with E-state index in [1.54, 1.807) is 0 Å². The number of pyridine rings is 2. The molecular formula is C22H20N2O5. The first-order chi connectivity index (χ1) is 14.0. The van der Waals surface area contributed by atoms with Crippen molar-refractivity contribution in [1.82, 2.24) is 9.97 Å². The van der Waals surface area contributed by atoms with Gasteiger partial charge in [-0.15, -0.1) is 0 Å². The summed E-state index contributed by atoms with van der Waals surface area (Å²) in [5.41, 5.74) is 2.12. The van der Waals surface area contributed by atoms with Crippen LogP contribution in [0.2, 0.25) is 0 Å². The zero-order chi connectivity index (χ0) is 21.1. The Bertz CT molecular complexity index is 882. The summed E-state index contributed by atoms with van der Waals surface area (Å²) >= 11 is 0. The number of aliphatic hydroxyl groups excluding tert-OH is 1. The average molecular weight is 392 g/mol. The maximum atomic E-state index is 9.72. The third-order valence-electron chi connectivity index (χ3n) is 3.68. The maximum Gasteiger partial charge on any atom is 0.333 e. The molecule has 3 N–H and O–H groups in total. The van der Waals surface area contributed by atoms with Crippen molar-refractivity contribution in [2.75, 3.05) is 0 Å². The number of rotatable bonds is 3. The monoisotopic (exact) mass is 392 g/mol. The average Bonchev–Trinajstić information content (AvgIpc) is 2.74. The summed E-state index contributed by atoms with van der Waals surface area (Å²) in [7, 11) is 0. The predicted molar refractivity (Wildman–Crippen MR) is 109 cm³/mol. The Hall–Kier alpha value is -3.84. The molecule has 2 aromatic carbocycles. The summed E-state index contributed by atoms with van der Waals surface area (Å²) in [6, 6.07) is 24.2. The van der Waals surface area contributed by atoms with E-state index in [1.165, 1.54) is 10.8 Å². The summed E-state index contributed by atoms with van der Waals surface area (Å²) in [4.78, 5) is 27.8. The van der Waals surface area contributed by atoms with Crippen molar-refractivity contribution >= 4 is 33.7 Å². The number of carbonyl (C=O) groups is 2. The second kappa shape index (κ2) is 11.1. The normalized spacial score (nSPS) is 10.8. The molecule has 0 radical (unpaired) electrons. The molecule has 0 saturated carbocycles. The van der Waals surface area contributed by atoms with Crippen LogP contribution in [0.15, 0.2) is 85.2 Å². The smallest absolute Gasteiger partial charge is 0.333 e. The molecule has 7 nitrogen and oxygen atoms in total. The van der Waals surface area contributed by atoms with Gasteiger partial charge in [0, 0.05) is 23.2 Å². The van der Waals surface area contributed by atoms with Gasteiger partial charge in [0.25, 0.3) is 0 Å². The van der Waals surface area contributed by atoms with Gasteiger partial charge in [0.1, 0.15) is 0 Å². The molecule has 0 aliphatic carbocycles. The van der Waals surface area contributed by atoms with Gasteiger partial charge in [-0.2, -0.15) is 0 Å². The lowest BCUT2D eigenvalue weighted by atomic mass is 10.2. The molecule has 2 heterocycles. The molecule has 7 heteroatoms. The van der Waals surface area contributed by atoms with Crippen molar-refractivity contribution in [3.05, 3.63) is 85.2 Å². The van der Waals surface area contributed by atoms with E-state index < -0.39 is 24.5 Å². The van der Waals surface area contributed by atoms with E-state index in [2.05, 4.69) is 34.2 Å². The van der Waals surface area contributed by atoms with Crippen LogP contribution in [-0.2, 0) is 9.59 Å². The fourth-order valence-electron chi connectivity index (χ4n) is 2.28.